The summed E-state index contributed by atoms with van der Waals surface area (Å²) in [5.74, 6) is -0.317. The van der Waals surface area contributed by atoms with Gasteiger partial charge in [-0.25, -0.2) is 4.39 Å². The Morgan fingerprint density at radius 2 is 1.70 bits per heavy atom. The van der Waals surface area contributed by atoms with E-state index >= 15 is 0 Å². The highest BCUT2D eigenvalue weighted by molar-refractivity contribution is 6.31. The third kappa shape index (κ3) is 4.06. The second-order valence-electron chi connectivity index (χ2n) is 5.07. The summed E-state index contributed by atoms with van der Waals surface area (Å²) >= 11 is 6.02. The van der Waals surface area contributed by atoms with Crippen molar-refractivity contribution in [1.82, 2.24) is 0 Å². The first-order valence-electron chi connectivity index (χ1n) is 6.85. The molecule has 1 atom stereocenters. The van der Waals surface area contributed by atoms with E-state index in [-0.39, 0.29) is 11.9 Å². The standard InChI is InChI=1S/C17H19ClFN/c1-2-12-3-5-13(6-4-12)9-16(20)10-14-7-8-15(19)11-17(14)18/h3-8,11,16H,2,9-10,20H2,1H3. The highest BCUT2D eigenvalue weighted by Gasteiger charge is 2.09. The fourth-order valence-corrected chi connectivity index (χ4v) is 2.50. The van der Waals surface area contributed by atoms with Gasteiger partial charge < -0.3 is 5.73 Å². The molecule has 0 spiro atoms. The van der Waals surface area contributed by atoms with Crippen LogP contribution in [-0.2, 0) is 19.3 Å². The van der Waals surface area contributed by atoms with Crippen molar-refractivity contribution in [1.29, 1.82) is 0 Å². The van der Waals surface area contributed by atoms with E-state index in [9.17, 15) is 4.39 Å². The van der Waals surface area contributed by atoms with Crippen LogP contribution in [-0.4, -0.2) is 6.04 Å². The molecule has 20 heavy (non-hydrogen) atoms. The molecule has 0 saturated carbocycles. The van der Waals surface area contributed by atoms with Gasteiger partial charge in [-0.05, 0) is 48.1 Å². The molecule has 2 aromatic rings. The predicted octanol–water partition coefficient (Wildman–Crippen LogP) is 4.15. The van der Waals surface area contributed by atoms with Gasteiger partial charge >= 0.3 is 0 Å². The summed E-state index contributed by atoms with van der Waals surface area (Å²) < 4.78 is 13.0. The van der Waals surface area contributed by atoms with Crippen LogP contribution < -0.4 is 5.73 Å². The molecule has 0 bridgehead atoms. The van der Waals surface area contributed by atoms with E-state index in [1.807, 2.05) is 0 Å². The minimum Gasteiger partial charge on any atom is -0.327 e. The van der Waals surface area contributed by atoms with Gasteiger partial charge in [-0.15, -0.1) is 0 Å². The lowest BCUT2D eigenvalue weighted by Crippen LogP contribution is -2.25. The van der Waals surface area contributed by atoms with E-state index in [4.69, 9.17) is 17.3 Å². The van der Waals surface area contributed by atoms with E-state index in [2.05, 4.69) is 31.2 Å². The van der Waals surface area contributed by atoms with Crippen molar-refractivity contribution >= 4 is 11.6 Å². The van der Waals surface area contributed by atoms with Crippen molar-refractivity contribution in [2.75, 3.05) is 0 Å². The number of nitrogens with two attached hydrogens (primary N) is 1. The molecule has 2 aromatic carbocycles. The molecule has 0 heterocycles. The van der Waals surface area contributed by atoms with Gasteiger partial charge in [0.15, 0.2) is 0 Å². The lowest BCUT2D eigenvalue weighted by Gasteiger charge is -2.13. The number of hydrogen-bond donors (Lipinski definition) is 1. The molecule has 0 saturated heterocycles. The summed E-state index contributed by atoms with van der Waals surface area (Å²) in [7, 11) is 0. The van der Waals surface area contributed by atoms with Gasteiger partial charge in [0.05, 0.1) is 0 Å². The SMILES string of the molecule is CCc1ccc(CC(N)Cc2ccc(F)cc2Cl)cc1. The predicted molar refractivity (Wildman–Crippen MR) is 82.6 cm³/mol. The topological polar surface area (TPSA) is 26.0 Å². The summed E-state index contributed by atoms with van der Waals surface area (Å²) in [4.78, 5) is 0. The Kier molecular flexibility index (Phi) is 5.16. The first kappa shape index (κ1) is 15.0. The van der Waals surface area contributed by atoms with Crippen molar-refractivity contribution in [3.63, 3.8) is 0 Å². The Bertz CT molecular complexity index is 566. The smallest absolute Gasteiger partial charge is 0.124 e. The molecule has 2 N–H and O–H groups in total. The second-order valence-corrected chi connectivity index (χ2v) is 5.48. The van der Waals surface area contributed by atoms with Gasteiger partial charge in [-0.3, -0.25) is 0 Å². The highest BCUT2D eigenvalue weighted by atomic mass is 35.5. The summed E-state index contributed by atoms with van der Waals surface area (Å²) in [5, 5.41) is 0.446. The molecule has 0 aliphatic heterocycles. The van der Waals surface area contributed by atoms with Crippen LogP contribution in [0, 0.1) is 5.82 Å². The zero-order valence-electron chi connectivity index (χ0n) is 11.6. The number of rotatable bonds is 5. The lowest BCUT2D eigenvalue weighted by atomic mass is 9.98. The average molecular weight is 292 g/mol. The van der Waals surface area contributed by atoms with E-state index in [0.29, 0.717) is 11.4 Å². The number of benzene rings is 2. The Balaban J connectivity index is 1.99. The molecule has 0 radical (unpaired) electrons. The third-order valence-corrected chi connectivity index (χ3v) is 3.78. The van der Waals surface area contributed by atoms with E-state index in [1.54, 1.807) is 6.07 Å². The molecule has 0 aliphatic carbocycles. The van der Waals surface area contributed by atoms with Gasteiger partial charge in [-0.2, -0.15) is 0 Å². The van der Waals surface area contributed by atoms with E-state index < -0.39 is 0 Å². The minimum absolute atomic E-state index is 0.0227. The van der Waals surface area contributed by atoms with E-state index in [1.165, 1.54) is 23.3 Å². The third-order valence-electron chi connectivity index (χ3n) is 3.43. The maximum atomic E-state index is 13.0. The maximum Gasteiger partial charge on any atom is 0.124 e. The monoisotopic (exact) mass is 291 g/mol. The average Bonchev–Trinajstić information content (AvgIpc) is 2.43. The lowest BCUT2D eigenvalue weighted by molar-refractivity contribution is 0.623. The molecule has 0 aliphatic rings. The Morgan fingerprint density at radius 3 is 2.30 bits per heavy atom. The molecule has 1 unspecified atom stereocenters. The van der Waals surface area contributed by atoms with Crippen molar-refractivity contribution in [3.05, 3.63) is 70.0 Å². The quantitative estimate of drug-likeness (QED) is 0.880. The largest absolute Gasteiger partial charge is 0.327 e. The Hall–Kier alpha value is -1.38. The highest BCUT2D eigenvalue weighted by Crippen LogP contribution is 2.19. The van der Waals surface area contributed by atoms with Crippen LogP contribution in [0.3, 0.4) is 0 Å². The molecule has 0 aromatic heterocycles. The van der Waals surface area contributed by atoms with Gasteiger partial charge in [-0.1, -0.05) is 48.9 Å². The zero-order chi connectivity index (χ0) is 14.5. The van der Waals surface area contributed by atoms with Gasteiger partial charge in [0, 0.05) is 11.1 Å². The first-order valence-corrected chi connectivity index (χ1v) is 7.23. The van der Waals surface area contributed by atoms with Crippen molar-refractivity contribution in [2.45, 2.75) is 32.2 Å². The first-order chi connectivity index (χ1) is 9.58. The normalized spacial score (nSPS) is 12.4. The summed E-state index contributed by atoms with van der Waals surface area (Å²) in [6.07, 6.45) is 2.48. The van der Waals surface area contributed by atoms with Crippen LogP contribution in [0.2, 0.25) is 5.02 Å². The zero-order valence-corrected chi connectivity index (χ0v) is 12.3. The van der Waals surface area contributed by atoms with Crippen LogP contribution in [0.15, 0.2) is 42.5 Å². The van der Waals surface area contributed by atoms with Gasteiger partial charge in [0.1, 0.15) is 5.82 Å². The Morgan fingerprint density at radius 1 is 1.05 bits per heavy atom. The summed E-state index contributed by atoms with van der Waals surface area (Å²) in [6, 6.07) is 12.9. The molecule has 3 heteroatoms. The molecular weight excluding hydrogens is 273 g/mol. The number of aryl methyl sites for hydroxylation is 1. The molecule has 2 rings (SSSR count). The summed E-state index contributed by atoms with van der Waals surface area (Å²) in [6.45, 7) is 2.14. The van der Waals surface area contributed by atoms with Crippen molar-refractivity contribution in [3.8, 4) is 0 Å². The minimum atomic E-state index is -0.317. The number of halogens is 2. The molecular formula is C17H19ClFN. The van der Waals surface area contributed by atoms with Gasteiger partial charge in [0.25, 0.3) is 0 Å². The van der Waals surface area contributed by atoms with Crippen LogP contribution in [0.25, 0.3) is 0 Å². The Labute approximate surface area is 124 Å². The van der Waals surface area contributed by atoms with Crippen LogP contribution in [0.5, 0.6) is 0 Å². The second kappa shape index (κ2) is 6.87. The van der Waals surface area contributed by atoms with Crippen molar-refractivity contribution in [2.24, 2.45) is 5.73 Å². The molecule has 0 amide bonds. The van der Waals surface area contributed by atoms with Crippen LogP contribution in [0.1, 0.15) is 23.6 Å². The van der Waals surface area contributed by atoms with Crippen LogP contribution in [0.4, 0.5) is 4.39 Å². The van der Waals surface area contributed by atoms with Gasteiger partial charge in [0.2, 0.25) is 0 Å². The fourth-order valence-electron chi connectivity index (χ4n) is 2.26. The molecule has 1 nitrogen and oxygen atoms in total. The molecule has 106 valence electrons. The van der Waals surface area contributed by atoms with Crippen LogP contribution >= 0.6 is 11.6 Å². The van der Waals surface area contributed by atoms with E-state index in [0.717, 1.165) is 18.4 Å². The maximum absolute atomic E-state index is 13.0. The van der Waals surface area contributed by atoms with Crippen molar-refractivity contribution < 1.29 is 4.39 Å². The fraction of sp³-hybridized carbons (Fsp3) is 0.294. The summed E-state index contributed by atoms with van der Waals surface area (Å²) in [5.41, 5.74) is 9.60. The number of hydrogen-bond acceptors (Lipinski definition) is 1. The molecule has 0 fully saturated rings.